The molecule has 26 heavy (non-hydrogen) atoms. The summed E-state index contributed by atoms with van der Waals surface area (Å²) in [6.45, 7) is 5.92. The summed E-state index contributed by atoms with van der Waals surface area (Å²) in [5, 5.41) is 3.13. The molecule has 0 N–H and O–H groups in total. The van der Waals surface area contributed by atoms with Crippen LogP contribution >= 0.6 is 11.3 Å². The first-order valence-corrected chi connectivity index (χ1v) is 9.96. The third kappa shape index (κ3) is 2.80. The van der Waals surface area contributed by atoms with Crippen LogP contribution in [0.25, 0.3) is 0 Å². The zero-order valence-electron chi connectivity index (χ0n) is 14.6. The van der Waals surface area contributed by atoms with Gasteiger partial charge in [0.1, 0.15) is 5.01 Å². The van der Waals surface area contributed by atoms with E-state index in [9.17, 15) is 4.79 Å². The molecule has 1 unspecified atom stereocenters. The SMILES string of the molecule is O=C1OC2(CN(Cc3nccs3)C2)C2CN(Cc3ccccc3)CCN12. The van der Waals surface area contributed by atoms with Gasteiger partial charge in [-0.05, 0) is 5.56 Å². The summed E-state index contributed by atoms with van der Waals surface area (Å²) in [5.41, 5.74) is 0.975. The van der Waals surface area contributed by atoms with Crippen LogP contribution in [0.5, 0.6) is 0 Å². The van der Waals surface area contributed by atoms with E-state index in [1.54, 1.807) is 11.3 Å². The van der Waals surface area contributed by atoms with Crippen molar-refractivity contribution in [3.8, 4) is 0 Å². The van der Waals surface area contributed by atoms with Crippen molar-refractivity contribution in [3.63, 3.8) is 0 Å². The first kappa shape index (κ1) is 16.2. The molecule has 0 radical (unpaired) electrons. The molecule has 1 aromatic carbocycles. The van der Waals surface area contributed by atoms with Crippen LogP contribution in [0.1, 0.15) is 10.6 Å². The summed E-state index contributed by atoms with van der Waals surface area (Å²) in [6.07, 6.45) is 1.71. The summed E-state index contributed by atoms with van der Waals surface area (Å²) in [7, 11) is 0. The number of amides is 1. The van der Waals surface area contributed by atoms with Gasteiger partial charge in [0, 0.05) is 50.8 Å². The van der Waals surface area contributed by atoms with E-state index in [1.165, 1.54) is 5.56 Å². The second-order valence-corrected chi connectivity index (χ2v) is 8.41. The number of hydrogen-bond donors (Lipinski definition) is 0. The smallest absolute Gasteiger partial charge is 0.410 e. The average molecular weight is 370 g/mol. The van der Waals surface area contributed by atoms with E-state index < -0.39 is 0 Å². The maximum atomic E-state index is 12.4. The first-order chi connectivity index (χ1) is 12.7. The number of fused-ring (bicyclic) bond motifs is 2. The van der Waals surface area contributed by atoms with Crippen molar-refractivity contribution in [3.05, 3.63) is 52.5 Å². The standard InChI is InChI=1S/C19H22N4O2S/c24-18-23-8-7-21(10-15-4-2-1-3-5-15)11-16(23)19(25-18)13-22(14-19)12-17-20-6-9-26-17/h1-6,9,16H,7-8,10-14H2. The maximum Gasteiger partial charge on any atom is 0.410 e. The molecular formula is C19H22N4O2S. The predicted molar refractivity (Wildman–Crippen MR) is 98.8 cm³/mol. The van der Waals surface area contributed by atoms with Gasteiger partial charge in [-0.15, -0.1) is 11.3 Å². The zero-order chi connectivity index (χ0) is 17.6. The highest BCUT2D eigenvalue weighted by molar-refractivity contribution is 7.09. The predicted octanol–water partition coefficient (Wildman–Crippen LogP) is 2.03. The van der Waals surface area contributed by atoms with Gasteiger partial charge in [-0.2, -0.15) is 0 Å². The lowest BCUT2D eigenvalue weighted by Gasteiger charge is -2.51. The number of nitrogens with zero attached hydrogens (tertiary/aromatic N) is 4. The third-order valence-electron chi connectivity index (χ3n) is 5.67. The number of benzene rings is 1. The van der Waals surface area contributed by atoms with Crippen molar-refractivity contribution >= 4 is 17.4 Å². The molecule has 1 atom stereocenters. The second kappa shape index (κ2) is 6.33. The summed E-state index contributed by atoms with van der Waals surface area (Å²) < 4.78 is 5.88. The summed E-state index contributed by atoms with van der Waals surface area (Å²) in [5.74, 6) is 0. The number of ether oxygens (including phenoxy) is 1. The number of carbonyl (C=O) groups is 1. The van der Waals surface area contributed by atoms with E-state index >= 15 is 0 Å². The van der Waals surface area contributed by atoms with E-state index in [2.05, 4.69) is 39.0 Å². The highest BCUT2D eigenvalue weighted by Crippen LogP contribution is 2.40. The average Bonchev–Trinajstić information content (AvgIpc) is 3.22. The van der Waals surface area contributed by atoms with Gasteiger partial charge in [-0.25, -0.2) is 9.78 Å². The number of piperazine rings is 1. The van der Waals surface area contributed by atoms with Gasteiger partial charge in [-0.3, -0.25) is 14.7 Å². The molecule has 3 saturated heterocycles. The molecule has 3 aliphatic rings. The lowest BCUT2D eigenvalue weighted by atomic mass is 9.84. The normalized spacial score (nSPS) is 25.2. The Morgan fingerprint density at radius 2 is 2.00 bits per heavy atom. The number of thiazole rings is 1. The minimum atomic E-state index is -0.344. The van der Waals surface area contributed by atoms with Crippen LogP contribution in [0, 0.1) is 0 Å². The van der Waals surface area contributed by atoms with Crippen LogP contribution in [-0.4, -0.2) is 70.1 Å². The fourth-order valence-corrected chi connectivity index (χ4v) is 5.07. The Kier molecular flexibility index (Phi) is 3.95. The largest absolute Gasteiger partial charge is 0.438 e. The topological polar surface area (TPSA) is 48.9 Å². The molecule has 0 aliphatic carbocycles. The molecule has 1 amide bonds. The Morgan fingerprint density at radius 3 is 2.77 bits per heavy atom. The van der Waals surface area contributed by atoms with Crippen molar-refractivity contribution in [2.24, 2.45) is 0 Å². The fourth-order valence-electron chi connectivity index (χ4n) is 4.41. The molecule has 2 aromatic rings. The molecule has 3 aliphatic heterocycles. The molecule has 3 fully saturated rings. The Hall–Kier alpha value is -1.96. The van der Waals surface area contributed by atoms with E-state index in [-0.39, 0.29) is 17.7 Å². The van der Waals surface area contributed by atoms with Gasteiger partial charge in [0.15, 0.2) is 5.60 Å². The number of carbonyl (C=O) groups excluding carboxylic acids is 1. The number of likely N-dealkylation sites (tertiary alicyclic amines) is 1. The zero-order valence-corrected chi connectivity index (χ0v) is 15.4. The highest BCUT2D eigenvalue weighted by Gasteiger charge is 2.61. The van der Waals surface area contributed by atoms with Crippen LogP contribution in [-0.2, 0) is 17.8 Å². The van der Waals surface area contributed by atoms with E-state index in [0.717, 1.165) is 50.8 Å². The fraction of sp³-hybridized carbons (Fsp3) is 0.474. The van der Waals surface area contributed by atoms with Crippen molar-refractivity contribution in [1.82, 2.24) is 19.7 Å². The molecule has 5 rings (SSSR count). The molecule has 7 heteroatoms. The van der Waals surface area contributed by atoms with Gasteiger partial charge >= 0.3 is 6.09 Å². The monoisotopic (exact) mass is 370 g/mol. The molecule has 4 heterocycles. The van der Waals surface area contributed by atoms with E-state index in [0.29, 0.717) is 0 Å². The van der Waals surface area contributed by atoms with Gasteiger partial charge < -0.3 is 4.74 Å². The van der Waals surface area contributed by atoms with Gasteiger partial charge in [0.25, 0.3) is 0 Å². The van der Waals surface area contributed by atoms with Crippen molar-refractivity contribution in [1.29, 1.82) is 0 Å². The Morgan fingerprint density at radius 1 is 1.15 bits per heavy atom. The van der Waals surface area contributed by atoms with Crippen molar-refractivity contribution < 1.29 is 9.53 Å². The first-order valence-electron chi connectivity index (χ1n) is 9.08. The second-order valence-electron chi connectivity index (χ2n) is 7.43. The van der Waals surface area contributed by atoms with E-state index in [4.69, 9.17) is 4.74 Å². The molecule has 0 saturated carbocycles. The molecular weight excluding hydrogens is 348 g/mol. The molecule has 1 aromatic heterocycles. The lowest BCUT2D eigenvalue weighted by molar-refractivity contribution is -0.107. The highest BCUT2D eigenvalue weighted by atomic mass is 32.1. The van der Waals surface area contributed by atoms with Crippen molar-refractivity contribution in [2.45, 2.75) is 24.7 Å². The minimum absolute atomic E-state index is 0.136. The van der Waals surface area contributed by atoms with Crippen LogP contribution in [0.4, 0.5) is 4.79 Å². The van der Waals surface area contributed by atoms with Crippen LogP contribution < -0.4 is 0 Å². The molecule has 136 valence electrons. The summed E-state index contributed by atoms with van der Waals surface area (Å²) in [6, 6.07) is 10.7. The van der Waals surface area contributed by atoms with Crippen molar-refractivity contribution in [2.75, 3.05) is 32.7 Å². The Bertz CT molecular complexity index is 776. The van der Waals surface area contributed by atoms with Crippen LogP contribution in [0.15, 0.2) is 41.9 Å². The van der Waals surface area contributed by atoms with Gasteiger partial charge in [0.2, 0.25) is 0 Å². The quantitative estimate of drug-likeness (QED) is 0.824. The van der Waals surface area contributed by atoms with Crippen LogP contribution in [0.2, 0.25) is 0 Å². The molecule has 0 bridgehead atoms. The summed E-state index contributed by atoms with van der Waals surface area (Å²) >= 11 is 1.68. The van der Waals surface area contributed by atoms with Gasteiger partial charge in [-0.1, -0.05) is 30.3 Å². The number of hydrogen-bond acceptors (Lipinski definition) is 6. The number of aromatic nitrogens is 1. The Balaban J connectivity index is 1.26. The molecule has 6 nitrogen and oxygen atoms in total. The van der Waals surface area contributed by atoms with E-state index in [1.807, 2.05) is 22.5 Å². The minimum Gasteiger partial charge on any atom is -0.438 e. The lowest BCUT2D eigenvalue weighted by Crippen LogP contribution is -2.70. The maximum absolute atomic E-state index is 12.4. The van der Waals surface area contributed by atoms with Gasteiger partial charge in [0.05, 0.1) is 12.6 Å². The Labute approximate surface area is 157 Å². The third-order valence-corrected chi connectivity index (χ3v) is 6.44. The summed E-state index contributed by atoms with van der Waals surface area (Å²) in [4.78, 5) is 23.4. The van der Waals surface area contributed by atoms with Crippen LogP contribution in [0.3, 0.4) is 0 Å². The molecule has 1 spiro atoms. The number of rotatable bonds is 4.